The Morgan fingerprint density at radius 3 is 2.70 bits per heavy atom. The fraction of sp³-hybridized carbons (Fsp3) is 0.235. The number of benzene rings is 2. The molecule has 0 bridgehead atoms. The van der Waals surface area contributed by atoms with E-state index in [9.17, 15) is 4.79 Å². The van der Waals surface area contributed by atoms with Crippen molar-refractivity contribution < 1.29 is 9.53 Å². The van der Waals surface area contributed by atoms with Crippen LogP contribution in [0.2, 0.25) is 0 Å². The van der Waals surface area contributed by atoms with E-state index in [0.717, 1.165) is 29.7 Å². The molecule has 0 aliphatic rings. The van der Waals surface area contributed by atoms with Crippen molar-refractivity contribution in [2.75, 3.05) is 12.4 Å². The van der Waals surface area contributed by atoms with Gasteiger partial charge in [0.15, 0.2) is 0 Å². The first-order valence-corrected chi connectivity index (χ1v) is 7.50. The smallest absolute Gasteiger partial charge is 0.255 e. The first kappa shape index (κ1) is 15.0. The lowest BCUT2D eigenvalue weighted by atomic mass is 10.1. The number of amides is 1. The van der Waals surface area contributed by atoms with Crippen LogP contribution in [0, 0.1) is 0 Å². The molecule has 118 valence electrons. The predicted molar refractivity (Wildman–Crippen MR) is 88.8 cm³/mol. The lowest BCUT2D eigenvalue weighted by Gasteiger charge is -2.06. The number of nitrogens with one attached hydrogen (secondary N) is 1. The molecule has 1 heterocycles. The van der Waals surface area contributed by atoms with Crippen molar-refractivity contribution in [3.05, 3.63) is 48.0 Å². The van der Waals surface area contributed by atoms with Gasteiger partial charge in [-0.3, -0.25) is 4.79 Å². The van der Waals surface area contributed by atoms with Crippen LogP contribution in [0.3, 0.4) is 0 Å². The van der Waals surface area contributed by atoms with Gasteiger partial charge in [-0.15, -0.1) is 5.10 Å². The fourth-order valence-corrected chi connectivity index (χ4v) is 2.37. The molecule has 6 heteroatoms. The number of aryl methyl sites for hydroxylation is 1. The zero-order valence-corrected chi connectivity index (χ0v) is 13.1. The lowest BCUT2D eigenvalue weighted by molar-refractivity contribution is 0.102. The van der Waals surface area contributed by atoms with Gasteiger partial charge in [0, 0.05) is 17.8 Å². The number of hydrogen-bond acceptors (Lipinski definition) is 4. The number of fused-ring (bicyclic) bond motifs is 1. The Morgan fingerprint density at radius 1 is 1.22 bits per heavy atom. The second-order valence-corrected chi connectivity index (χ2v) is 5.20. The molecule has 1 amide bonds. The van der Waals surface area contributed by atoms with Gasteiger partial charge in [0.2, 0.25) is 0 Å². The SMILES string of the molecule is CCCn1nnc2cc(C(=O)Nc3ccc(OC)cc3)ccc21. The van der Waals surface area contributed by atoms with E-state index in [1.54, 1.807) is 43.5 Å². The normalized spacial score (nSPS) is 10.7. The number of anilines is 1. The van der Waals surface area contributed by atoms with Gasteiger partial charge in [-0.1, -0.05) is 12.1 Å². The Morgan fingerprint density at radius 2 is 2.00 bits per heavy atom. The summed E-state index contributed by atoms with van der Waals surface area (Å²) in [7, 11) is 1.61. The standard InChI is InChI=1S/C17H18N4O2/c1-3-10-21-16-9-4-12(11-15(16)19-20-21)17(22)18-13-5-7-14(23-2)8-6-13/h4-9,11H,3,10H2,1-2H3,(H,18,22). The van der Waals surface area contributed by atoms with Crippen LogP contribution in [-0.4, -0.2) is 28.0 Å². The molecule has 1 N–H and O–H groups in total. The molecule has 3 aromatic rings. The first-order valence-electron chi connectivity index (χ1n) is 7.50. The molecule has 3 rings (SSSR count). The second kappa shape index (κ2) is 6.48. The zero-order chi connectivity index (χ0) is 16.2. The molecule has 1 aromatic heterocycles. The van der Waals surface area contributed by atoms with Gasteiger partial charge in [-0.2, -0.15) is 0 Å². The van der Waals surface area contributed by atoms with Gasteiger partial charge in [0.1, 0.15) is 11.3 Å². The highest BCUT2D eigenvalue weighted by Gasteiger charge is 2.10. The minimum absolute atomic E-state index is 0.179. The molecule has 2 aromatic carbocycles. The number of carbonyl (C=O) groups is 1. The van der Waals surface area contributed by atoms with Crippen LogP contribution < -0.4 is 10.1 Å². The monoisotopic (exact) mass is 310 g/mol. The summed E-state index contributed by atoms with van der Waals surface area (Å²) in [4.78, 5) is 12.3. The Labute approximate surface area is 134 Å². The van der Waals surface area contributed by atoms with Crippen LogP contribution in [0.25, 0.3) is 11.0 Å². The van der Waals surface area contributed by atoms with Crippen molar-refractivity contribution in [2.45, 2.75) is 19.9 Å². The van der Waals surface area contributed by atoms with Crippen molar-refractivity contribution in [1.29, 1.82) is 0 Å². The Kier molecular flexibility index (Phi) is 4.23. The van der Waals surface area contributed by atoms with Gasteiger partial charge >= 0.3 is 0 Å². The van der Waals surface area contributed by atoms with Crippen LogP contribution in [0.5, 0.6) is 5.75 Å². The number of carbonyl (C=O) groups excluding carboxylic acids is 1. The largest absolute Gasteiger partial charge is 0.497 e. The number of nitrogens with zero attached hydrogens (tertiary/aromatic N) is 3. The summed E-state index contributed by atoms with van der Waals surface area (Å²) in [6, 6.07) is 12.6. The summed E-state index contributed by atoms with van der Waals surface area (Å²) in [5, 5.41) is 11.1. The Balaban J connectivity index is 1.80. The van der Waals surface area contributed by atoms with Gasteiger partial charge in [0.25, 0.3) is 5.91 Å². The van der Waals surface area contributed by atoms with E-state index < -0.39 is 0 Å². The average Bonchev–Trinajstić information content (AvgIpc) is 2.98. The third kappa shape index (κ3) is 3.15. The summed E-state index contributed by atoms with van der Waals surface area (Å²) < 4.78 is 6.95. The van der Waals surface area contributed by atoms with Crippen molar-refractivity contribution in [2.24, 2.45) is 0 Å². The molecule has 0 unspecified atom stereocenters. The van der Waals surface area contributed by atoms with E-state index in [-0.39, 0.29) is 5.91 Å². The van der Waals surface area contributed by atoms with Gasteiger partial charge in [0.05, 0.1) is 12.6 Å². The van der Waals surface area contributed by atoms with Crippen molar-refractivity contribution in [3.63, 3.8) is 0 Å². The van der Waals surface area contributed by atoms with Crippen LogP contribution in [-0.2, 0) is 6.54 Å². The number of aromatic nitrogens is 3. The van der Waals surface area contributed by atoms with E-state index in [1.807, 2.05) is 10.7 Å². The summed E-state index contributed by atoms with van der Waals surface area (Å²) in [6.45, 7) is 2.90. The van der Waals surface area contributed by atoms with Gasteiger partial charge in [-0.25, -0.2) is 4.68 Å². The Hall–Kier alpha value is -2.89. The predicted octanol–water partition coefficient (Wildman–Crippen LogP) is 3.10. The van der Waals surface area contributed by atoms with E-state index in [4.69, 9.17) is 4.74 Å². The molecule has 0 radical (unpaired) electrons. The highest BCUT2D eigenvalue weighted by molar-refractivity contribution is 6.05. The molecule has 0 aliphatic heterocycles. The molecule has 0 saturated heterocycles. The molecular weight excluding hydrogens is 292 g/mol. The molecule has 0 fully saturated rings. The zero-order valence-electron chi connectivity index (χ0n) is 13.1. The molecule has 0 saturated carbocycles. The van der Waals surface area contributed by atoms with Gasteiger partial charge < -0.3 is 10.1 Å². The summed E-state index contributed by atoms with van der Waals surface area (Å²) in [5.41, 5.74) is 2.93. The quantitative estimate of drug-likeness (QED) is 0.786. The van der Waals surface area contributed by atoms with E-state index in [0.29, 0.717) is 11.3 Å². The summed E-state index contributed by atoms with van der Waals surface area (Å²) in [5.74, 6) is 0.569. The van der Waals surface area contributed by atoms with E-state index in [2.05, 4.69) is 22.6 Å². The second-order valence-electron chi connectivity index (χ2n) is 5.20. The average molecular weight is 310 g/mol. The van der Waals surface area contributed by atoms with Crippen LogP contribution in [0.15, 0.2) is 42.5 Å². The van der Waals surface area contributed by atoms with Gasteiger partial charge in [-0.05, 0) is 48.9 Å². The maximum Gasteiger partial charge on any atom is 0.255 e. The number of methoxy groups -OCH3 is 1. The molecule has 0 spiro atoms. The highest BCUT2D eigenvalue weighted by Crippen LogP contribution is 2.18. The molecule has 0 aliphatic carbocycles. The summed E-state index contributed by atoms with van der Waals surface area (Å²) >= 11 is 0. The molecule has 0 atom stereocenters. The third-order valence-electron chi connectivity index (χ3n) is 3.56. The van der Waals surface area contributed by atoms with Crippen molar-refractivity contribution in [1.82, 2.24) is 15.0 Å². The maximum absolute atomic E-state index is 12.3. The number of rotatable bonds is 5. The number of hydrogen-bond donors (Lipinski definition) is 1. The summed E-state index contributed by atoms with van der Waals surface area (Å²) in [6.07, 6.45) is 0.984. The van der Waals surface area contributed by atoms with Crippen LogP contribution in [0.4, 0.5) is 5.69 Å². The van der Waals surface area contributed by atoms with Crippen molar-refractivity contribution >= 4 is 22.6 Å². The highest BCUT2D eigenvalue weighted by atomic mass is 16.5. The molecular formula is C17H18N4O2. The van der Waals surface area contributed by atoms with Crippen molar-refractivity contribution in [3.8, 4) is 5.75 Å². The van der Waals surface area contributed by atoms with Crippen LogP contribution in [0.1, 0.15) is 23.7 Å². The first-order chi connectivity index (χ1) is 11.2. The van der Waals surface area contributed by atoms with Crippen LogP contribution >= 0.6 is 0 Å². The topological polar surface area (TPSA) is 69.0 Å². The number of ether oxygens (including phenoxy) is 1. The molecule has 6 nitrogen and oxygen atoms in total. The Bertz CT molecular complexity index is 824. The fourth-order valence-electron chi connectivity index (χ4n) is 2.37. The third-order valence-corrected chi connectivity index (χ3v) is 3.56. The van der Waals surface area contributed by atoms with E-state index in [1.165, 1.54) is 0 Å². The lowest BCUT2D eigenvalue weighted by Crippen LogP contribution is -2.11. The maximum atomic E-state index is 12.3. The molecule has 23 heavy (non-hydrogen) atoms. The minimum Gasteiger partial charge on any atom is -0.497 e. The minimum atomic E-state index is -0.179. The van der Waals surface area contributed by atoms with E-state index >= 15 is 0 Å².